The molecule has 0 radical (unpaired) electrons. The SMILES string of the molecule is Cc1c(C(=O)NCCC2CCCNC2)oc2ccc(Cl)cc12.Cl. The van der Waals surface area contributed by atoms with Crippen molar-refractivity contribution in [3.63, 3.8) is 0 Å². The van der Waals surface area contributed by atoms with E-state index in [9.17, 15) is 4.79 Å². The number of furan rings is 1. The van der Waals surface area contributed by atoms with Crippen molar-refractivity contribution >= 4 is 40.9 Å². The molecule has 0 bridgehead atoms. The summed E-state index contributed by atoms with van der Waals surface area (Å²) >= 11 is 6.00. The minimum Gasteiger partial charge on any atom is -0.451 e. The molecule has 3 rings (SSSR count). The van der Waals surface area contributed by atoms with E-state index in [1.54, 1.807) is 12.1 Å². The Hall–Kier alpha value is -1.23. The van der Waals surface area contributed by atoms with Gasteiger partial charge in [-0.05, 0) is 63.4 Å². The number of rotatable bonds is 4. The van der Waals surface area contributed by atoms with E-state index in [1.807, 2.05) is 13.0 Å². The molecule has 6 heteroatoms. The van der Waals surface area contributed by atoms with Crippen molar-refractivity contribution in [1.82, 2.24) is 10.6 Å². The fraction of sp³-hybridized carbons (Fsp3) is 0.471. The second kappa shape index (κ2) is 8.04. The number of fused-ring (bicyclic) bond motifs is 1. The summed E-state index contributed by atoms with van der Waals surface area (Å²) in [4.78, 5) is 12.3. The van der Waals surface area contributed by atoms with Crippen LogP contribution in [0.2, 0.25) is 5.02 Å². The van der Waals surface area contributed by atoms with Crippen LogP contribution in [-0.2, 0) is 0 Å². The Morgan fingerprint density at radius 2 is 2.30 bits per heavy atom. The van der Waals surface area contributed by atoms with Gasteiger partial charge in [0.05, 0.1) is 0 Å². The molecule has 1 atom stereocenters. The minimum atomic E-state index is -0.145. The molecule has 0 saturated carbocycles. The highest BCUT2D eigenvalue weighted by Crippen LogP contribution is 2.27. The standard InChI is InChI=1S/C17H21ClN2O2.ClH/c1-11-14-9-13(18)4-5-15(14)22-16(11)17(21)20-8-6-12-3-2-7-19-10-12;/h4-5,9,12,19H,2-3,6-8,10H2,1H3,(H,20,21);1H. The van der Waals surface area contributed by atoms with Gasteiger partial charge in [0.2, 0.25) is 0 Å². The quantitative estimate of drug-likeness (QED) is 0.872. The van der Waals surface area contributed by atoms with Crippen LogP contribution in [0.5, 0.6) is 0 Å². The van der Waals surface area contributed by atoms with E-state index in [4.69, 9.17) is 16.0 Å². The smallest absolute Gasteiger partial charge is 0.287 e. The first kappa shape index (κ1) is 18.1. The minimum absolute atomic E-state index is 0. The average Bonchev–Trinajstić information content (AvgIpc) is 2.85. The van der Waals surface area contributed by atoms with Gasteiger partial charge >= 0.3 is 0 Å². The first-order valence-corrected chi connectivity index (χ1v) is 8.20. The molecular weight excluding hydrogens is 335 g/mol. The number of piperidine rings is 1. The Labute approximate surface area is 147 Å². The summed E-state index contributed by atoms with van der Waals surface area (Å²) in [5.74, 6) is 0.900. The topological polar surface area (TPSA) is 54.3 Å². The first-order valence-electron chi connectivity index (χ1n) is 7.82. The maximum absolute atomic E-state index is 12.3. The van der Waals surface area contributed by atoms with Crippen molar-refractivity contribution in [1.29, 1.82) is 0 Å². The third-order valence-corrected chi connectivity index (χ3v) is 4.58. The maximum Gasteiger partial charge on any atom is 0.287 e. The second-order valence-corrected chi connectivity index (χ2v) is 6.39. The largest absolute Gasteiger partial charge is 0.451 e. The normalized spacial score (nSPS) is 17.7. The number of carbonyl (C=O) groups is 1. The number of carbonyl (C=O) groups excluding carboxylic acids is 1. The Morgan fingerprint density at radius 1 is 1.48 bits per heavy atom. The van der Waals surface area contributed by atoms with Gasteiger partial charge < -0.3 is 15.1 Å². The van der Waals surface area contributed by atoms with Gasteiger partial charge in [-0.25, -0.2) is 0 Å². The number of benzene rings is 1. The predicted molar refractivity (Wildman–Crippen MR) is 95.8 cm³/mol. The number of amides is 1. The van der Waals surface area contributed by atoms with Crippen molar-refractivity contribution in [2.24, 2.45) is 5.92 Å². The summed E-state index contributed by atoms with van der Waals surface area (Å²) in [5.41, 5.74) is 1.54. The van der Waals surface area contributed by atoms with E-state index in [-0.39, 0.29) is 18.3 Å². The van der Waals surface area contributed by atoms with Gasteiger partial charge in [0.15, 0.2) is 5.76 Å². The summed E-state index contributed by atoms with van der Waals surface area (Å²) < 4.78 is 5.68. The van der Waals surface area contributed by atoms with E-state index in [2.05, 4.69) is 10.6 Å². The molecule has 1 unspecified atom stereocenters. The van der Waals surface area contributed by atoms with Gasteiger partial charge in [-0.2, -0.15) is 0 Å². The van der Waals surface area contributed by atoms with Gasteiger partial charge in [-0.15, -0.1) is 12.4 Å². The number of hydrogen-bond donors (Lipinski definition) is 2. The Balaban J connectivity index is 0.00000192. The lowest BCUT2D eigenvalue weighted by Gasteiger charge is -2.22. The van der Waals surface area contributed by atoms with Crippen molar-refractivity contribution in [2.45, 2.75) is 26.2 Å². The van der Waals surface area contributed by atoms with Crippen LogP contribution in [0, 0.1) is 12.8 Å². The fourth-order valence-corrected chi connectivity index (χ4v) is 3.22. The molecule has 2 N–H and O–H groups in total. The lowest BCUT2D eigenvalue weighted by atomic mass is 9.96. The number of hydrogen-bond acceptors (Lipinski definition) is 3. The molecule has 1 aliphatic heterocycles. The zero-order valence-corrected chi connectivity index (χ0v) is 14.7. The Kier molecular flexibility index (Phi) is 6.33. The summed E-state index contributed by atoms with van der Waals surface area (Å²) in [6.07, 6.45) is 3.47. The van der Waals surface area contributed by atoms with E-state index < -0.39 is 0 Å². The number of halogens is 2. The lowest BCUT2D eigenvalue weighted by molar-refractivity contribution is 0.0924. The van der Waals surface area contributed by atoms with Crippen LogP contribution >= 0.6 is 24.0 Å². The molecule has 23 heavy (non-hydrogen) atoms. The highest BCUT2D eigenvalue weighted by atomic mass is 35.5. The molecule has 126 valence electrons. The van der Waals surface area contributed by atoms with E-state index in [0.29, 0.717) is 28.8 Å². The molecule has 1 saturated heterocycles. The van der Waals surface area contributed by atoms with Gasteiger partial charge in [0.1, 0.15) is 5.58 Å². The summed E-state index contributed by atoms with van der Waals surface area (Å²) in [5, 5.41) is 7.91. The van der Waals surface area contributed by atoms with Gasteiger partial charge in [-0.3, -0.25) is 4.79 Å². The van der Waals surface area contributed by atoms with Gasteiger partial charge in [0, 0.05) is 22.5 Å². The maximum atomic E-state index is 12.3. The van der Waals surface area contributed by atoms with Crippen LogP contribution < -0.4 is 10.6 Å². The predicted octanol–water partition coefficient (Wildman–Crippen LogP) is 3.94. The van der Waals surface area contributed by atoms with Crippen LogP contribution in [-0.4, -0.2) is 25.5 Å². The van der Waals surface area contributed by atoms with Crippen molar-refractivity contribution in [2.75, 3.05) is 19.6 Å². The Morgan fingerprint density at radius 3 is 3.04 bits per heavy atom. The molecule has 0 spiro atoms. The van der Waals surface area contributed by atoms with Crippen LogP contribution in [0.25, 0.3) is 11.0 Å². The molecule has 1 amide bonds. The average molecular weight is 357 g/mol. The first-order chi connectivity index (χ1) is 10.6. The van der Waals surface area contributed by atoms with E-state index in [0.717, 1.165) is 30.5 Å². The molecular formula is C17H22Cl2N2O2. The van der Waals surface area contributed by atoms with Crippen LogP contribution in [0.15, 0.2) is 22.6 Å². The molecule has 1 aliphatic rings. The molecule has 2 heterocycles. The third kappa shape index (κ3) is 4.19. The van der Waals surface area contributed by atoms with Crippen LogP contribution in [0.3, 0.4) is 0 Å². The highest BCUT2D eigenvalue weighted by molar-refractivity contribution is 6.31. The molecule has 1 aromatic heterocycles. The summed E-state index contributed by atoms with van der Waals surface area (Å²) in [6, 6.07) is 5.40. The molecule has 4 nitrogen and oxygen atoms in total. The number of aryl methyl sites for hydroxylation is 1. The van der Waals surface area contributed by atoms with E-state index >= 15 is 0 Å². The fourth-order valence-electron chi connectivity index (χ4n) is 3.05. The molecule has 1 aromatic carbocycles. The summed E-state index contributed by atoms with van der Waals surface area (Å²) in [7, 11) is 0. The summed E-state index contributed by atoms with van der Waals surface area (Å²) in [6.45, 7) is 4.74. The molecule has 0 aliphatic carbocycles. The second-order valence-electron chi connectivity index (χ2n) is 5.95. The zero-order valence-electron chi connectivity index (χ0n) is 13.2. The third-order valence-electron chi connectivity index (χ3n) is 4.34. The van der Waals surface area contributed by atoms with Crippen molar-refractivity contribution < 1.29 is 9.21 Å². The van der Waals surface area contributed by atoms with Crippen molar-refractivity contribution in [3.05, 3.63) is 34.5 Å². The van der Waals surface area contributed by atoms with Crippen LogP contribution in [0.4, 0.5) is 0 Å². The monoisotopic (exact) mass is 356 g/mol. The van der Waals surface area contributed by atoms with Crippen molar-refractivity contribution in [3.8, 4) is 0 Å². The zero-order chi connectivity index (χ0) is 15.5. The van der Waals surface area contributed by atoms with E-state index in [1.165, 1.54) is 12.8 Å². The highest BCUT2D eigenvalue weighted by Gasteiger charge is 2.18. The Bertz CT molecular complexity index is 679. The number of nitrogens with one attached hydrogen (secondary N) is 2. The molecule has 2 aromatic rings. The molecule has 1 fully saturated rings. The lowest BCUT2D eigenvalue weighted by Crippen LogP contribution is -2.33. The van der Waals surface area contributed by atoms with Crippen LogP contribution in [0.1, 0.15) is 35.4 Å². The van der Waals surface area contributed by atoms with Gasteiger partial charge in [0.25, 0.3) is 5.91 Å². The van der Waals surface area contributed by atoms with Gasteiger partial charge in [-0.1, -0.05) is 11.6 Å².